The predicted octanol–water partition coefficient (Wildman–Crippen LogP) is 3.16. The van der Waals surface area contributed by atoms with Gasteiger partial charge in [-0.05, 0) is 48.6 Å². The number of anilines is 1. The molecule has 0 aliphatic rings. The van der Waals surface area contributed by atoms with Crippen LogP contribution in [0.25, 0.3) is 0 Å². The summed E-state index contributed by atoms with van der Waals surface area (Å²) in [7, 11) is 3.62. The Kier molecular flexibility index (Phi) is 4.90. The average Bonchev–Trinajstić information content (AvgIpc) is 2.48. The van der Waals surface area contributed by atoms with Crippen LogP contribution in [-0.2, 0) is 0 Å². The maximum atomic E-state index is 12.1. The van der Waals surface area contributed by atoms with Crippen LogP contribution in [0.3, 0.4) is 0 Å². The highest BCUT2D eigenvalue weighted by atomic mass is 32.1. The third-order valence-corrected chi connectivity index (χ3v) is 3.17. The second kappa shape index (κ2) is 6.85. The lowest BCUT2D eigenvalue weighted by Gasteiger charge is -2.14. The van der Waals surface area contributed by atoms with E-state index in [1.54, 1.807) is 29.2 Å². The van der Waals surface area contributed by atoms with Crippen molar-refractivity contribution in [3.63, 3.8) is 0 Å². The van der Waals surface area contributed by atoms with Crippen molar-refractivity contribution in [1.82, 2.24) is 4.90 Å². The van der Waals surface area contributed by atoms with Crippen LogP contribution in [0.5, 0.6) is 5.75 Å². The summed E-state index contributed by atoms with van der Waals surface area (Å²) < 4.78 is 5.45. The fourth-order valence-corrected chi connectivity index (χ4v) is 1.69. The number of ether oxygens (including phenoxy) is 1. The Bertz CT molecular complexity index is 624. The lowest BCUT2D eigenvalue weighted by molar-refractivity contribution is 0.102. The molecule has 4 nitrogen and oxygen atoms in total. The first-order valence-electron chi connectivity index (χ1n) is 6.42. The summed E-state index contributed by atoms with van der Waals surface area (Å²) in [6, 6.07) is 16.2. The predicted molar refractivity (Wildman–Crippen MR) is 87.8 cm³/mol. The Morgan fingerprint density at radius 2 is 1.67 bits per heavy atom. The number of thiocarbonyl (C=S) groups is 1. The normalized spacial score (nSPS) is 9.81. The Labute approximate surface area is 129 Å². The number of hydrogen-bond acceptors (Lipinski definition) is 3. The molecule has 0 aliphatic heterocycles. The first-order chi connectivity index (χ1) is 10.1. The van der Waals surface area contributed by atoms with Gasteiger partial charge >= 0.3 is 0 Å². The van der Waals surface area contributed by atoms with Crippen molar-refractivity contribution < 1.29 is 9.53 Å². The minimum Gasteiger partial charge on any atom is -0.432 e. The minimum absolute atomic E-state index is 0.164. The first-order valence-corrected chi connectivity index (χ1v) is 6.82. The van der Waals surface area contributed by atoms with Crippen molar-refractivity contribution in [3.8, 4) is 5.75 Å². The van der Waals surface area contributed by atoms with E-state index in [2.05, 4.69) is 5.32 Å². The van der Waals surface area contributed by atoms with Gasteiger partial charge in [0.05, 0.1) is 0 Å². The van der Waals surface area contributed by atoms with E-state index >= 15 is 0 Å². The van der Waals surface area contributed by atoms with E-state index in [-0.39, 0.29) is 5.91 Å². The van der Waals surface area contributed by atoms with Crippen molar-refractivity contribution in [2.45, 2.75) is 0 Å². The van der Waals surface area contributed by atoms with E-state index in [1.807, 2.05) is 44.4 Å². The summed E-state index contributed by atoms with van der Waals surface area (Å²) in [5.41, 5.74) is 1.32. The molecule has 0 aromatic heterocycles. The number of nitrogens with zero attached hydrogens (tertiary/aromatic N) is 1. The van der Waals surface area contributed by atoms with E-state index in [1.165, 1.54) is 0 Å². The van der Waals surface area contributed by atoms with Gasteiger partial charge in [0.15, 0.2) is 0 Å². The summed E-state index contributed by atoms with van der Waals surface area (Å²) in [6.07, 6.45) is 0. The lowest BCUT2D eigenvalue weighted by atomic mass is 10.2. The smallest absolute Gasteiger partial charge is 0.264 e. The van der Waals surface area contributed by atoms with Crippen molar-refractivity contribution in [3.05, 3.63) is 60.2 Å². The van der Waals surface area contributed by atoms with Gasteiger partial charge in [0.25, 0.3) is 11.1 Å². The highest BCUT2D eigenvalue weighted by molar-refractivity contribution is 7.80. The fraction of sp³-hybridized carbons (Fsp3) is 0.125. The molecule has 2 aromatic carbocycles. The van der Waals surface area contributed by atoms with Crippen LogP contribution >= 0.6 is 12.2 Å². The quantitative estimate of drug-likeness (QED) is 0.884. The molecule has 108 valence electrons. The maximum absolute atomic E-state index is 12.1. The number of para-hydroxylation sites is 1. The van der Waals surface area contributed by atoms with Crippen molar-refractivity contribution >= 4 is 29.0 Å². The topological polar surface area (TPSA) is 41.6 Å². The zero-order valence-corrected chi connectivity index (χ0v) is 12.7. The summed E-state index contributed by atoms with van der Waals surface area (Å²) in [6.45, 7) is 0. The van der Waals surface area contributed by atoms with Crippen molar-refractivity contribution in [2.24, 2.45) is 0 Å². The van der Waals surface area contributed by atoms with Gasteiger partial charge in [0.1, 0.15) is 5.75 Å². The lowest BCUT2D eigenvalue weighted by Crippen LogP contribution is -2.25. The summed E-state index contributed by atoms with van der Waals surface area (Å²) in [4.78, 5) is 13.8. The summed E-state index contributed by atoms with van der Waals surface area (Å²) in [5, 5.41) is 3.19. The molecule has 2 rings (SSSR count). The van der Waals surface area contributed by atoms with E-state index < -0.39 is 0 Å². The molecule has 0 fully saturated rings. The molecule has 0 bridgehead atoms. The minimum atomic E-state index is -0.164. The molecule has 2 aromatic rings. The molecule has 0 aliphatic carbocycles. The molecule has 1 amide bonds. The van der Waals surface area contributed by atoms with Gasteiger partial charge < -0.3 is 15.0 Å². The molecular formula is C16H16N2O2S. The zero-order chi connectivity index (χ0) is 15.2. The van der Waals surface area contributed by atoms with E-state index in [4.69, 9.17) is 17.0 Å². The number of benzene rings is 2. The number of carbonyl (C=O) groups is 1. The highest BCUT2D eigenvalue weighted by Gasteiger charge is 2.07. The largest absolute Gasteiger partial charge is 0.432 e. The average molecular weight is 300 g/mol. The highest BCUT2D eigenvalue weighted by Crippen LogP contribution is 2.15. The van der Waals surface area contributed by atoms with Crippen LogP contribution in [0.2, 0.25) is 0 Å². The standard InChI is InChI=1S/C16H16N2O2S/c1-18(2)16(21)20-14-10-8-12(9-11-14)15(19)17-13-6-4-3-5-7-13/h3-11H,1-2H3,(H,17,19). The SMILES string of the molecule is CN(C)C(=S)Oc1ccc(C(=O)Nc2ccccc2)cc1. The van der Waals surface area contributed by atoms with Crippen molar-refractivity contribution in [2.75, 3.05) is 19.4 Å². The molecular weight excluding hydrogens is 284 g/mol. The van der Waals surface area contributed by atoms with Gasteiger partial charge in [0, 0.05) is 25.3 Å². The number of nitrogens with one attached hydrogen (secondary N) is 1. The van der Waals surface area contributed by atoms with E-state index in [0.29, 0.717) is 16.5 Å². The van der Waals surface area contributed by atoms with Crippen LogP contribution in [-0.4, -0.2) is 30.1 Å². The molecule has 0 unspecified atom stereocenters. The zero-order valence-electron chi connectivity index (χ0n) is 11.9. The molecule has 1 N–H and O–H groups in total. The molecule has 0 radical (unpaired) electrons. The molecule has 0 atom stereocenters. The number of amides is 1. The number of rotatable bonds is 3. The number of hydrogen-bond donors (Lipinski definition) is 1. The van der Waals surface area contributed by atoms with Crippen LogP contribution in [0.15, 0.2) is 54.6 Å². The van der Waals surface area contributed by atoms with Crippen LogP contribution in [0, 0.1) is 0 Å². The third-order valence-electron chi connectivity index (χ3n) is 2.72. The Hall–Kier alpha value is -2.40. The fourth-order valence-electron chi connectivity index (χ4n) is 1.59. The molecule has 0 saturated heterocycles. The molecule has 21 heavy (non-hydrogen) atoms. The molecule has 0 heterocycles. The Balaban J connectivity index is 2.01. The van der Waals surface area contributed by atoms with Gasteiger partial charge in [-0.1, -0.05) is 18.2 Å². The Morgan fingerprint density at radius 3 is 2.24 bits per heavy atom. The van der Waals surface area contributed by atoms with Crippen LogP contribution in [0.1, 0.15) is 10.4 Å². The Morgan fingerprint density at radius 1 is 1.05 bits per heavy atom. The first kappa shape index (κ1) is 15.0. The summed E-state index contributed by atoms with van der Waals surface area (Å²) in [5.74, 6) is 0.438. The molecule has 0 saturated carbocycles. The third kappa shape index (κ3) is 4.29. The van der Waals surface area contributed by atoms with Gasteiger partial charge in [-0.25, -0.2) is 0 Å². The monoisotopic (exact) mass is 300 g/mol. The molecule has 0 spiro atoms. The van der Waals surface area contributed by atoms with E-state index in [0.717, 1.165) is 5.69 Å². The van der Waals surface area contributed by atoms with Gasteiger partial charge in [-0.15, -0.1) is 0 Å². The van der Waals surface area contributed by atoms with Gasteiger partial charge in [0.2, 0.25) is 0 Å². The van der Waals surface area contributed by atoms with Gasteiger partial charge in [-0.3, -0.25) is 4.79 Å². The van der Waals surface area contributed by atoms with Gasteiger partial charge in [-0.2, -0.15) is 0 Å². The van der Waals surface area contributed by atoms with Crippen LogP contribution < -0.4 is 10.1 Å². The summed E-state index contributed by atoms with van der Waals surface area (Å²) >= 11 is 5.06. The molecule has 5 heteroatoms. The second-order valence-electron chi connectivity index (χ2n) is 4.61. The number of carbonyl (C=O) groups excluding carboxylic acids is 1. The van der Waals surface area contributed by atoms with Crippen LogP contribution in [0.4, 0.5) is 5.69 Å². The van der Waals surface area contributed by atoms with Crippen molar-refractivity contribution in [1.29, 1.82) is 0 Å². The second-order valence-corrected chi connectivity index (χ2v) is 4.96. The maximum Gasteiger partial charge on any atom is 0.264 e. The van der Waals surface area contributed by atoms with E-state index in [9.17, 15) is 4.79 Å².